The van der Waals surface area contributed by atoms with Crippen molar-refractivity contribution in [3.8, 4) is 11.3 Å². The van der Waals surface area contributed by atoms with Crippen molar-refractivity contribution < 1.29 is 9.36 Å². The van der Waals surface area contributed by atoms with Crippen molar-refractivity contribution in [1.82, 2.24) is 4.90 Å². The Balaban J connectivity index is 1.42. The Morgan fingerprint density at radius 2 is 1.83 bits per heavy atom. The maximum Gasteiger partial charge on any atom is 0.385 e. The van der Waals surface area contributed by atoms with Crippen LogP contribution in [0.25, 0.3) is 17.3 Å². The zero-order valence-corrected chi connectivity index (χ0v) is 21.9. The first-order chi connectivity index (χ1) is 17.0. The molecule has 2 aromatic carbocycles. The van der Waals surface area contributed by atoms with Crippen molar-refractivity contribution in [3.05, 3.63) is 93.9 Å². The number of aromatic nitrogens is 1. The summed E-state index contributed by atoms with van der Waals surface area (Å²) in [5.74, 6) is -0.00564. The standard InChI is InChI=1S/C28H27N4OS2/c1-5-32-26(33)25(17-16-22-15-14-20-8-6-7-9-23(20)30(22)3)35-28(32)29-27-31(4)24(18-34-27)21-12-10-19(2)11-13-21/h6-18H,5H2,1-4H3/q+1/b22-16+,25-17-. The molecule has 35 heavy (non-hydrogen) atoms. The number of nitrogens with zero attached hydrogens (tertiary/aromatic N) is 4. The normalized spacial score (nSPS) is 18.9. The average molecular weight is 500 g/mol. The molecule has 5 rings (SSSR count). The summed E-state index contributed by atoms with van der Waals surface area (Å²) in [5, 5.41) is 3.69. The second-order valence-electron chi connectivity index (χ2n) is 8.45. The van der Waals surface area contributed by atoms with Gasteiger partial charge in [0.05, 0.1) is 12.0 Å². The zero-order chi connectivity index (χ0) is 24.5. The number of rotatable bonds is 4. The predicted molar refractivity (Wildman–Crippen MR) is 148 cm³/mol. The van der Waals surface area contributed by atoms with Gasteiger partial charge in [-0.1, -0.05) is 65.4 Å². The molecule has 7 heteroatoms. The van der Waals surface area contributed by atoms with E-state index in [2.05, 4.69) is 70.3 Å². The van der Waals surface area contributed by atoms with Crippen LogP contribution in [-0.2, 0) is 11.8 Å². The van der Waals surface area contributed by atoms with Crippen molar-refractivity contribution in [2.24, 2.45) is 12.0 Å². The summed E-state index contributed by atoms with van der Waals surface area (Å²) in [4.78, 5) is 22.6. The summed E-state index contributed by atoms with van der Waals surface area (Å²) in [5.41, 5.74) is 6.87. The number of thioether (sulfide) groups is 1. The molecule has 0 radical (unpaired) electrons. The first-order valence-corrected chi connectivity index (χ1v) is 13.2. The van der Waals surface area contributed by atoms with Gasteiger partial charge in [0, 0.05) is 35.9 Å². The molecular weight excluding hydrogens is 472 g/mol. The van der Waals surface area contributed by atoms with E-state index in [1.165, 1.54) is 22.9 Å². The molecule has 2 aliphatic rings. The van der Waals surface area contributed by atoms with E-state index in [9.17, 15) is 4.79 Å². The van der Waals surface area contributed by atoms with Gasteiger partial charge in [0.1, 0.15) is 5.69 Å². The zero-order valence-electron chi connectivity index (χ0n) is 20.2. The van der Waals surface area contributed by atoms with Gasteiger partial charge < -0.3 is 4.90 Å². The highest BCUT2D eigenvalue weighted by Gasteiger charge is 2.36. The molecule has 0 bridgehead atoms. The van der Waals surface area contributed by atoms with Gasteiger partial charge in [-0.05, 0) is 60.5 Å². The fraction of sp³-hybridized carbons (Fsp3) is 0.179. The predicted octanol–water partition coefficient (Wildman–Crippen LogP) is 6.06. The highest BCUT2D eigenvalue weighted by molar-refractivity contribution is 8.18. The number of carbonyl (C=O) groups is 1. The molecule has 3 aromatic rings. The topological polar surface area (TPSA) is 39.8 Å². The maximum absolute atomic E-state index is 13.1. The van der Waals surface area contributed by atoms with Crippen LogP contribution in [0.15, 0.2) is 87.7 Å². The minimum atomic E-state index is -0.00564. The fourth-order valence-corrected chi connectivity index (χ4v) is 6.06. The van der Waals surface area contributed by atoms with Crippen LogP contribution >= 0.6 is 23.1 Å². The van der Waals surface area contributed by atoms with Crippen LogP contribution in [0.3, 0.4) is 0 Å². The number of aryl methyl sites for hydroxylation is 1. The van der Waals surface area contributed by atoms with E-state index >= 15 is 0 Å². The van der Waals surface area contributed by atoms with E-state index in [0.717, 1.165) is 27.8 Å². The largest absolute Gasteiger partial charge is 0.385 e. The molecule has 176 valence electrons. The van der Waals surface area contributed by atoms with Crippen molar-refractivity contribution in [2.75, 3.05) is 18.5 Å². The van der Waals surface area contributed by atoms with E-state index in [4.69, 9.17) is 4.99 Å². The number of amidine groups is 1. The monoisotopic (exact) mass is 499 g/mol. The van der Waals surface area contributed by atoms with Crippen LogP contribution in [0.1, 0.15) is 18.1 Å². The Bertz CT molecular complexity index is 1410. The van der Waals surface area contributed by atoms with Crippen LogP contribution in [-0.4, -0.2) is 29.6 Å². The summed E-state index contributed by atoms with van der Waals surface area (Å²) >= 11 is 3.01. The number of carbonyl (C=O) groups excluding carboxylic acids is 1. The summed E-state index contributed by atoms with van der Waals surface area (Å²) in [6.45, 7) is 4.65. The van der Waals surface area contributed by atoms with Crippen LogP contribution in [0, 0.1) is 6.92 Å². The minimum Gasteiger partial charge on any atom is -0.344 e. The lowest BCUT2D eigenvalue weighted by Crippen LogP contribution is -2.31. The van der Waals surface area contributed by atoms with Gasteiger partial charge in [0.25, 0.3) is 11.1 Å². The molecule has 0 unspecified atom stereocenters. The molecule has 1 aromatic heterocycles. The maximum atomic E-state index is 13.1. The third-order valence-corrected chi connectivity index (χ3v) is 8.13. The molecule has 5 nitrogen and oxygen atoms in total. The van der Waals surface area contributed by atoms with E-state index in [-0.39, 0.29) is 5.91 Å². The number of allylic oxidation sites excluding steroid dienone is 3. The Morgan fingerprint density at radius 1 is 1.06 bits per heavy atom. The number of fused-ring (bicyclic) bond motifs is 1. The van der Waals surface area contributed by atoms with E-state index < -0.39 is 0 Å². The van der Waals surface area contributed by atoms with Gasteiger partial charge >= 0.3 is 5.13 Å². The highest BCUT2D eigenvalue weighted by atomic mass is 32.2. The number of para-hydroxylation sites is 1. The van der Waals surface area contributed by atoms with Crippen LogP contribution in [0.4, 0.5) is 10.8 Å². The summed E-state index contributed by atoms with van der Waals surface area (Å²) < 4.78 is 2.09. The first kappa shape index (κ1) is 23.3. The van der Waals surface area contributed by atoms with Gasteiger partial charge in [0.15, 0.2) is 0 Å². The van der Waals surface area contributed by atoms with Crippen molar-refractivity contribution >= 4 is 51.1 Å². The molecule has 1 amide bonds. The molecule has 0 aliphatic carbocycles. The Hall–Kier alpha value is -3.42. The Morgan fingerprint density at radius 3 is 2.60 bits per heavy atom. The number of hydrogen-bond donors (Lipinski definition) is 0. The quantitative estimate of drug-likeness (QED) is 0.324. The number of aliphatic imine (C=N–C) groups is 1. The number of hydrogen-bond acceptors (Lipinski definition) is 5. The van der Waals surface area contributed by atoms with Crippen LogP contribution in [0.2, 0.25) is 0 Å². The average Bonchev–Trinajstić information content (AvgIpc) is 3.38. The molecule has 0 atom stereocenters. The Labute approximate surface area is 214 Å². The summed E-state index contributed by atoms with van der Waals surface area (Å²) in [6, 6.07) is 16.8. The van der Waals surface area contributed by atoms with Gasteiger partial charge in [0.2, 0.25) is 0 Å². The SMILES string of the molecule is CCN1C(=O)/C(=C/C=C2\C=Cc3ccccc3N2C)S/C1=N\c1scc(-c2ccc(C)cc2)[n+]1C. The van der Waals surface area contributed by atoms with Gasteiger partial charge in [-0.25, -0.2) is 4.57 Å². The molecule has 0 spiro atoms. The lowest BCUT2D eigenvalue weighted by Gasteiger charge is -2.26. The molecule has 0 N–H and O–H groups in total. The summed E-state index contributed by atoms with van der Waals surface area (Å²) in [7, 11) is 4.07. The molecule has 1 fully saturated rings. The second kappa shape index (κ2) is 9.68. The number of benzene rings is 2. The third kappa shape index (κ3) is 4.49. The van der Waals surface area contributed by atoms with E-state index in [1.54, 1.807) is 16.2 Å². The van der Waals surface area contributed by atoms with Crippen molar-refractivity contribution in [2.45, 2.75) is 13.8 Å². The molecule has 0 saturated carbocycles. The van der Waals surface area contributed by atoms with Crippen LogP contribution in [0.5, 0.6) is 0 Å². The van der Waals surface area contributed by atoms with Crippen molar-refractivity contribution in [1.29, 1.82) is 0 Å². The minimum absolute atomic E-state index is 0.00564. The first-order valence-electron chi connectivity index (χ1n) is 11.5. The number of amides is 1. The van der Waals surface area contributed by atoms with Gasteiger partial charge in [-0.15, -0.1) is 0 Å². The van der Waals surface area contributed by atoms with Gasteiger partial charge in [-0.2, -0.15) is 0 Å². The fourth-order valence-electron chi connectivity index (χ4n) is 4.11. The Kier molecular flexibility index (Phi) is 6.45. The highest BCUT2D eigenvalue weighted by Crippen LogP contribution is 2.35. The molecular formula is C28H27N4OS2+. The molecule has 3 heterocycles. The lowest BCUT2D eigenvalue weighted by molar-refractivity contribution is -0.642. The molecule has 2 aliphatic heterocycles. The van der Waals surface area contributed by atoms with E-state index in [1.807, 2.05) is 45.3 Å². The number of anilines is 1. The number of likely N-dealkylation sites (N-methyl/N-ethyl adjacent to an activating group) is 2. The third-order valence-electron chi connectivity index (χ3n) is 6.19. The van der Waals surface area contributed by atoms with Crippen LogP contribution < -0.4 is 9.47 Å². The second-order valence-corrected chi connectivity index (χ2v) is 10.3. The molecule has 1 saturated heterocycles. The van der Waals surface area contributed by atoms with Gasteiger partial charge in [-0.3, -0.25) is 9.69 Å². The van der Waals surface area contributed by atoms with Crippen molar-refractivity contribution in [3.63, 3.8) is 0 Å². The number of thiazole rings is 1. The lowest BCUT2D eigenvalue weighted by atomic mass is 10.1. The summed E-state index contributed by atoms with van der Waals surface area (Å²) in [6.07, 6.45) is 8.10. The smallest absolute Gasteiger partial charge is 0.344 e. The van der Waals surface area contributed by atoms with E-state index in [0.29, 0.717) is 16.6 Å².